The molecule has 0 spiro atoms. The Morgan fingerprint density at radius 3 is 2.76 bits per heavy atom. The van der Waals surface area contributed by atoms with Crippen molar-refractivity contribution in [2.75, 3.05) is 18.4 Å². The van der Waals surface area contributed by atoms with E-state index in [0.717, 1.165) is 23.5 Å². The molecule has 3 aromatic rings. The van der Waals surface area contributed by atoms with E-state index in [1.54, 1.807) is 6.07 Å². The van der Waals surface area contributed by atoms with Crippen molar-refractivity contribution in [2.24, 2.45) is 0 Å². The van der Waals surface area contributed by atoms with Gasteiger partial charge in [0.25, 0.3) is 5.91 Å². The van der Waals surface area contributed by atoms with Crippen molar-refractivity contribution in [3.63, 3.8) is 0 Å². The lowest BCUT2D eigenvalue weighted by Gasteiger charge is -2.06. The van der Waals surface area contributed by atoms with Gasteiger partial charge in [-0.05, 0) is 13.3 Å². The van der Waals surface area contributed by atoms with Crippen LogP contribution in [0.5, 0.6) is 0 Å². The van der Waals surface area contributed by atoms with Crippen molar-refractivity contribution in [1.82, 2.24) is 20.4 Å². The van der Waals surface area contributed by atoms with Crippen LogP contribution in [-0.2, 0) is 0 Å². The van der Waals surface area contributed by atoms with Crippen LogP contribution in [-0.4, -0.2) is 34.1 Å². The molecule has 2 aromatic heterocycles. The maximum absolute atomic E-state index is 12.1. The molecule has 0 unspecified atom stereocenters. The Labute approximate surface area is 145 Å². The average molecular weight is 337 g/mol. The highest BCUT2D eigenvalue weighted by Crippen LogP contribution is 2.19. The molecule has 7 heteroatoms. The van der Waals surface area contributed by atoms with Gasteiger partial charge in [0.1, 0.15) is 12.1 Å². The van der Waals surface area contributed by atoms with Crippen LogP contribution in [0.4, 0.5) is 5.82 Å². The third-order valence-electron chi connectivity index (χ3n) is 3.55. The first-order chi connectivity index (χ1) is 12.2. The fourth-order valence-electron chi connectivity index (χ4n) is 2.27. The average Bonchev–Trinajstić information content (AvgIpc) is 3.12. The van der Waals surface area contributed by atoms with Gasteiger partial charge in [-0.2, -0.15) is 0 Å². The lowest BCUT2D eigenvalue weighted by atomic mass is 10.1. The van der Waals surface area contributed by atoms with E-state index in [-0.39, 0.29) is 11.6 Å². The molecule has 3 rings (SSSR count). The zero-order valence-corrected chi connectivity index (χ0v) is 13.9. The number of rotatable bonds is 7. The van der Waals surface area contributed by atoms with Crippen molar-refractivity contribution in [2.45, 2.75) is 13.3 Å². The van der Waals surface area contributed by atoms with Gasteiger partial charge >= 0.3 is 0 Å². The summed E-state index contributed by atoms with van der Waals surface area (Å²) >= 11 is 0. The van der Waals surface area contributed by atoms with Crippen molar-refractivity contribution in [3.8, 4) is 11.3 Å². The number of nitrogens with zero attached hydrogens (tertiary/aromatic N) is 3. The lowest BCUT2D eigenvalue weighted by Crippen LogP contribution is -2.26. The Morgan fingerprint density at radius 1 is 1.12 bits per heavy atom. The predicted molar refractivity (Wildman–Crippen MR) is 94.1 cm³/mol. The highest BCUT2D eigenvalue weighted by atomic mass is 16.5. The summed E-state index contributed by atoms with van der Waals surface area (Å²) in [5.41, 5.74) is 2.07. The summed E-state index contributed by atoms with van der Waals surface area (Å²) in [5, 5.41) is 9.84. The topological polar surface area (TPSA) is 92.9 Å². The van der Waals surface area contributed by atoms with E-state index >= 15 is 0 Å². The minimum absolute atomic E-state index is 0.246. The second-order valence-electron chi connectivity index (χ2n) is 5.52. The van der Waals surface area contributed by atoms with Gasteiger partial charge in [0.2, 0.25) is 0 Å². The second-order valence-corrected chi connectivity index (χ2v) is 5.52. The van der Waals surface area contributed by atoms with Crippen LogP contribution in [0.25, 0.3) is 11.3 Å². The van der Waals surface area contributed by atoms with Gasteiger partial charge in [-0.15, -0.1) is 0 Å². The van der Waals surface area contributed by atoms with Gasteiger partial charge in [-0.3, -0.25) is 4.79 Å². The van der Waals surface area contributed by atoms with E-state index in [1.807, 2.05) is 43.3 Å². The molecule has 7 nitrogen and oxygen atoms in total. The first-order valence-electron chi connectivity index (χ1n) is 8.05. The summed E-state index contributed by atoms with van der Waals surface area (Å²) in [6.07, 6.45) is 2.28. The molecule has 0 aliphatic heterocycles. The largest absolute Gasteiger partial charge is 0.370 e. The van der Waals surface area contributed by atoms with Crippen molar-refractivity contribution in [1.29, 1.82) is 0 Å². The van der Waals surface area contributed by atoms with Crippen LogP contribution in [0.1, 0.15) is 22.6 Å². The van der Waals surface area contributed by atoms with Crippen molar-refractivity contribution >= 4 is 11.7 Å². The maximum Gasteiger partial charge on any atom is 0.273 e. The summed E-state index contributed by atoms with van der Waals surface area (Å²) in [7, 11) is 0. The van der Waals surface area contributed by atoms with Crippen LogP contribution in [0.2, 0.25) is 0 Å². The van der Waals surface area contributed by atoms with Crippen LogP contribution in [0.15, 0.2) is 53.3 Å². The van der Waals surface area contributed by atoms with Crippen molar-refractivity contribution < 1.29 is 9.32 Å². The molecule has 0 fully saturated rings. The monoisotopic (exact) mass is 337 g/mol. The third kappa shape index (κ3) is 4.63. The van der Waals surface area contributed by atoms with Crippen LogP contribution < -0.4 is 10.6 Å². The summed E-state index contributed by atoms with van der Waals surface area (Å²) < 4.78 is 5.23. The Kier molecular flexibility index (Phi) is 5.36. The molecule has 0 atom stereocenters. The van der Waals surface area contributed by atoms with E-state index in [1.165, 1.54) is 6.33 Å². The summed E-state index contributed by atoms with van der Waals surface area (Å²) in [5.74, 6) is 1.11. The van der Waals surface area contributed by atoms with E-state index < -0.39 is 0 Å². The van der Waals surface area contributed by atoms with Gasteiger partial charge < -0.3 is 15.2 Å². The van der Waals surface area contributed by atoms with E-state index in [9.17, 15) is 4.79 Å². The number of hydrogen-bond acceptors (Lipinski definition) is 6. The van der Waals surface area contributed by atoms with Crippen LogP contribution in [0.3, 0.4) is 0 Å². The number of aromatic nitrogens is 3. The summed E-state index contributed by atoms with van der Waals surface area (Å²) in [4.78, 5) is 20.3. The smallest absolute Gasteiger partial charge is 0.273 e. The molecule has 0 bridgehead atoms. The molecular weight excluding hydrogens is 318 g/mol. The first-order valence-corrected chi connectivity index (χ1v) is 8.05. The Balaban J connectivity index is 1.43. The van der Waals surface area contributed by atoms with Gasteiger partial charge in [0, 0.05) is 36.5 Å². The molecule has 128 valence electrons. The van der Waals surface area contributed by atoms with Gasteiger partial charge in [-0.1, -0.05) is 35.5 Å². The molecule has 0 radical (unpaired) electrons. The molecule has 0 saturated carbocycles. The van der Waals surface area contributed by atoms with Gasteiger partial charge in [-0.25, -0.2) is 9.97 Å². The number of amides is 1. The highest BCUT2D eigenvalue weighted by Gasteiger charge is 2.12. The molecule has 0 saturated heterocycles. The fourth-order valence-corrected chi connectivity index (χ4v) is 2.27. The van der Waals surface area contributed by atoms with Gasteiger partial charge in [0.05, 0.1) is 0 Å². The maximum atomic E-state index is 12.1. The number of aryl methyl sites for hydroxylation is 1. The quantitative estimate of drug-likeness (QED) is 0.644. The molecule has 1 aromatic carbocycles. The summed E-state index contributed by atoms with van der Waals surface area (Å²) in [6.45, 7) is 3.14. The number of benzene rings is 1. The third-order valence-corrected chi connectivity index (χ3v) is 3.55. The minimum atomic E-state index is -0.246. The molecule has 25 heavy (non-hydrogen) atoms. The Hall–Kier alpha value is -3.22. The Bertz CT molecular complexity index is 832. The fraction of sp³-hybridized carbons (Fsp3) is 0.222. The van der Waals surface area contributed by atoms with E-state index in [0.29, 0.717) is 18.8 Å². The molecule has 2 heterocycles. The normalized spacial score (nSPS) is 10.4. The zero-order chi connectivity index (χ0) is 17.5. The molecule has 0 aliphatic rings. The Morgan fingerprint density at radius 2 is 1.96 bits per heavy atom. The van der Waals surface area contributed by atoms with E-state index in [2.05, 4.69) is 25.8 Å². The lowest BCUT2D eigenvalue weighted by molar-refractivity contribution is 0.0944. The molecule has 1 amide bonds. The number of anilines is 1. The number of nitrogens with one attached hydrogen (secondary N) is 2. The number of carbonyl (C=O) groups excluding carboxylic acids is 1. The predicted octanol–water partition coefficient (Wildman–Crippen LogP) is 2.67. The standard InChI is InChI=1S/C18H19N5O2/c1-13-10-17(22-12-21-13)19-8-5-9-20-18(24)15-11-16(25-23-15)14-6-3-2-4-7-14/h2-4,6-7,10-12H,5,8-9H2,1H3,(H,20,24)(H,19,21,22). The zero-order valence-electron chi connectivity index (χ0n) is 13.9. The second kappa shape index (κ2) is 8.05. The van der Waals surface area contributed by atoms with Crippen LogP contribution >= 0.6 is 0 Å². The number of hydrogen-bond donors (Lipinski definition) is 2. The SMILES string of the molecule is Cc1cc(NCCCNC(=O)c2cc(-c3ccccc3)on2)ncn1. The molecule has 2 N–H and O–H groups in total. The van der Waals surface area contributed by atoms with Crippen molar-refractivity contribution in [3.05, 3.63) is 60.2 Å². The van der Waals surface area contributed by atoms with Crippen LogP contribution in [0, 0.1) is 6.92 Å². The first kappa shape index (κ1) is 16.6. The van der Waals surface area contributed by atoms with E-state index in [4.69, 9.17) is 4.52 Å². The minimum Gasteiger partial charge on any atom is -0.370 e. The molecule has 0 aliphatic carbocycles. The molecular formula is C18H19N5O2. The highest BCUT2D eigenvalue weighted by molar-refractivity contribution is 5.93. The summed E-state index contributed by atoms with van der Waals surface area (Å²) in [6, 6.07) is 13.1. The van der Waals surface area contributed by atoms with Gasteiger partial charge in [0.15, 0.2) is 11.5 Å². The number of carbonyl (C=O) groups is 1.